The average molecular weight is 690 g/mol. The zero-order valence-corrected chi connectivity index (χ0v) is 28.6. The summed E-state index contributed by atoms with van der Waals surface area (Å²) in [5.41, 5.74) is 1.53. The van der Waals surface area contributed by atoms with Crippen molar-refractivity contribution in [2.24, 2.45) is 0 Å². The summed E-state index contributed by atoms with van der Waals surface area (Å²) in [7, 11) is 1.51. The fourth-order valence-corrected chi connectivity index (χ4v) is 7.50. The zero-order chi connectivity index (χ0) is 35.1. The molecule has 0 spiro atoms. The van der Waals surface area contributed by atoms with Gasteiger partial charge in [0.15, 0.2) is 0 Å². The first-order valence-electron chi connectivity index (χ1n) is 17.6. The number of aromatic amines is 1. The molecular weight excluding hydrogens is 643 g/mol. The highest BCUT2D eigenvalue weighted by molar-refractivity contribution is 5.90. The Morgan fingerprint density at radius 3 is 2.28 bits per heavy atom. The third-order valence-electron chi connectivity index (χ3n) is 10.1. The van der Waals surface area contributed by atoms with Crippen molar-refractivity contribution >= 4 is 22.7 Å². The van der Waals surface area contributed by atoms with Gasteiger partial charge in [0.05, 0.1) is 19.2 Å². The number of ether oxygens (including phenoxy) is 1. The van der Waals surface area contributed by atoms with Crippen molar-refractivity contribution in [1.29, 1.82) is 0 Å². The molecule has 0 bridgehead atoms. The van der Waals surface area contributed by atoms with Crippen LogP contribution in [0.15, 0.2) is 79.0 Å². The van der Waals surface area contributed by atoms with Crippen LogP contribution in [-0.2, 0) is 35.3 Å². The first kappa shape index (κ1) is 35.5. The van der Waals surface area contributed by atoms with Crippen molar-refractivity contribution in [2.45, 2.75) is 69.9 Å². The van der Waals surface area contributed by atoms with Crippen molar-refractivity contribution < 1.29 is 27.5 Å². The number of nitrogens with one attached hydrogen (secondary N) is 2. The third-order valence-corrected chi connectivity index (χ3v) is 10.1. The number of amides is 2. The molecule has 266 valence electrons. The number of aromatic nitrogens is 1. The number of benzene rings is 3. The van der Waals surface area contributed by atoms with Gasteiger partial charge in [-0.1, -0.05) is 61.0 Å². The lowest BCUT2D eigenvalue weighted by atomic mass is 10.00. The summed E-state index contributed by atoms with van der Waals surface area (Å²) < 4.78 is 48.0. The van der Waals surface area contributed by atoms with Gasteiger partial charge in [-0.3, -0.25) is 14.5 Å². The molecule has 2 fully saturated rings. The number of rotatable bonds is 12. The van der Waals surface area contributed by atoms with Gasteiger partial charge < -0.3 is 24.8 Å². The molecule has 2 aliphatic heterocycles. The molecule has 3 aromatic carbocycles. The van der Waals surface area contributed by atoms with Gasteiger partial charge in [-0.2, -0.15) is 13.2 Å². The van der Waals surface area contributed by atoms with Crippen molar-refractivity contribution in [1.82, 2.24) is 25.0 Å². The largest absolute Gasteiger partial charge is 0.496 e. The number of likely N-dealkylation sites (tertiary alicyclic amines) is 2. The fraction of sp³-hybridized carbons (Fsp3) is 0.436. The lowest BCUT2D eigenvalue weighted by molar-refractivity contribution is -0.141. The number of fused-ring (bicyclic) bond motifs is 1. The topological polar surface area (TPSA) is 80.9 Å². The number of para-hydroxylation sites is 2. The first-order valence-corrected chi connectivity index (χ1v) is 17.6. The van der Waals surface area contributed by atoms with Crippen LogP contribution in [0.1, 0.15) is 54.4 Å². The Morgan fingerprint density at radius 2 is 1.54 bits per heavy atom. The molecule has 2 aliphatic rings. The van der Waals surface area contributed by atoms with E-state index < -0.39 is 23.7 Å². The Morgan fingerprint density at radius 1 is 0.880 bits per heavy atom. The highest BCUT2D eigenvalue weighted by Crippen LogP contribution is 2.33. The predicted molar refractivity (Wildman–Crippen MR) is 188 cm³/mol. The van der Waals surface area contributed by atoms with Crippen LogP contribution in [0.25, 0.3) is 10.9 Å². The quantitative estimate of drug-likeness (QED) is 0.180. The number of nitrogens with zero attached hydrogens (tertiary/aromatic N) is 3. The van der Waals surface area contributed by atoms with Crippen LogP contribution in [0, 0.1) is 0 Å². The van der Waals surface area contributed by atoms with Crippen LogP contribution >= 0.6 is 0 Å². The molecule has 6 rings (SSSR count). The van der Waals surface area contributed by atoms with Gasteiger partial charge in [0, 0.05) is 61.3 Å². The monoisotopic (exact) mass is 689 g/mol. The SMILES string of the molecule is COc1ccccc1CN(Cc1ccccc1C(F)(F)F)C(=O)C(Cc1c[nH]c2ccccc12)NC(=O)CN1CCC(N2CCCCC2)CC1. The number of carbonyl (C=O) groups is 2. The van der Waals surface area contributed by atoms with E-state index in [1.165, 1.54) is 49.5 Å². The van der Waals surface area contributed by atoms with Crippen molar-refractivity contribution in [3.05, 3.63) is 101 Å². The van der Waals surface area contributed by atoms with Crippen molar-refractivity contribution in [2.75, 3.05) is 39.8 Å². The second-order valence-electron chi connectivity index (χ2n) is 13.4. The van der Waals surface area contributed by atoms with E-state index in [0.717, 1.165) is 61.6 Å². The molecule has 1 aromatic heterocycles. The molecular formula is C39H46F3N5O3. The summed E-state index contributed by atoms with van der Waals surface area (Å²) >= 11 is 0. The summed E-state index contributed by atoms with van der Waals surface area (Å²) in [6.07, 6.45) is 3.15. The second kappa shape index (κ2) is 16.1. The number of H-pyrrole nitrogens is 1. The number of hydrogen-bond acceptors (Lipinski definition) is 5. The van der Waals surface area contributed by atoms with E-state index in [1.807, 2.05) is 30.5 Å². The van der Waals surface area contributed by atoms with Gasteiger partial charge in [-0.05, 0) is 68.1 Å². The van der Waals surface area contributed by atoms with Gasteiger partial charge in [-0.25, -0.2) is 0 Å². The van der Waals surface area contributed by atoms with Crippen LogP contribution in [-0.4, -0.2) is 83.4 Å². The molecule has 0 saturated carbocycles. The van der Waals surface area contributed by atoms with Crippen molar-refractivity contribution in [3.63, 3.8) is 0 Å². The van der Waals surface area contributed by atoms with Crippen LogP contribution in [0.5, 0.6) is 5.75 Å². The zero-order valence-electron chi connectivity index (χ0n) is 28.6. The minimum Gasteiger partial charge on any atom is -0.496 e. The van der Waals surface area contributed by atoms with E-state index in [4.69, 9.17) is 4.74 Å². The summed E-state index contributed by atoms with van der Waals surface area (Å²) in [5.74, 6) is -0.248. The lowest BCUT2D eigenvalue weighted by Crippen LogP contribution is -2.53. The van der Waals surface area contributed by atoms with E-state index in [-0.39, 0.29) is 37.5 Å². The smallest absolute Gasteiger partial charge is 0.416 e. The Labute approximate surface area is 291 Å². The second-order valence-corrected chi connectivity index (χ2v) is 13.4. The average Bonchev–Trinajstić information content (AvgIpc) is 3.54. The van der Waals surface area contributed by atoms with E-state index in [1.54, 1.807) is 24.3 Å². The molecule has 11 heteroatoms. The van der Waals surface area contributed by atoms with E-state index in [0.29, 0.717) is 17.4 Å². The van der Waals surface area contributed by atoms with E-state index in [9.17, 15) is 22.8 Å². The summed E-state index contributed by atoms with van der Waals surface area (Å²) in [5, 5.41) is 3.93. The van der Waals surface area contributed by atoms with Crippen molar-refractivity contribution in [3.8, 4) is 5.75 Å². The molecule has 2 amide bonds. The van der Waals surface area contributed by atoms with Crippen LogP contribution < -0.4 is 10.1 Å². The standard InChI is InChI=1S/C39H46F3N5O3/c1-50-36-16-8-4-12-29(36)26-47(25-28-11-3-6-14-33(28)39(40,41)42)38(49)35(23-30-24-43-34-15-7-5-13-32(30)34)44-37(48)27-45-21-17-31(18-22-45)46-19-9-2-10-20-46/h3-8,11-16,24,31,35,43H,2,9-10,17-23,25-27H2,1H3,(H,44,48). The van der Waals surface area contributed by atoms with Gasteiger partial charge in [-0.15, -0.1) is 0 Å². The summed E-state index contributed by atoms with van der Waals surface area (Å²) in [6, 6.07) is 19.6. The fourth-order valence-electron chi connectivity index (χ4n) is 7.50. The van der Waals surface area contributed by atoms with E-state index in [2.05, 4.69) is 20.1 Å². The van der Waals surface area contributed by atoms with Gasteiger partial charge in [0.2, 0.25) is 11.8 Å². The van der Waals surface area contributed by atoms with Crippen LogP contribution in [0.2, 0.25) is 0 Å². The van der Waals surface area contributed by atoms with Crippen LogP contribution in [0.4, 0.5) is 13.2 Å². The van der Waals surface area contributed by atoms with Gasteiger partial charge in [0.1, 0.15) is 11.8 Å². The Kier molecular flexibility index (Phi) is 11.4. The molecule has 0 radical (unpaired) electrons. The Balaban J connectivity index is 1.26. The number of hydrogen-bond donors (Lipinski definition) is 2. The lowest BCUT2D eigenvalue weighted by Gasteiger charge is -2.40. The Bertz CT molecular complexity index is 1740. The minimum atomic E-state index is -4.60. The maximum Gasteiger partial charge on any atom is 0.416 e. The molecule has 2 N–H and O–H groups in total. The van der Waals surface area contributed by atoms with Crippen LogP contribution in [0.3, 0.4) is 0 Å². The maximum atomic E-state index is 14.7. The molecule has 0 aliphatic carbocycles. The highest BCUT2D eigenvalue weighted by Gasteiger charge is 2.35. The Hall–Kier alpha value is -4.35. The maximum absolute atomic E-state index is 14.7. The predicted octanol–water partition coefficient (Wildman–Crippen LogP) is 6.40. The van der Waals surface area contributed by atoms with Gasteiger partial charge in [0.25, 0.3) is 0 Å². The third kappa shape index (κ3) is 8.68. The molecule has 50 heavy (non-hydrogen) atoms. The molecule has 3 heterocycles. The minimum absolute atomic E-state index is 0.0146. The molecule has 1 atom stereocenters. The number of methoxy groups -OCH3 is 1. The molecule has 8 nitrogen and oxygen atoms in total. The number of alkyl halides is 3. The normalized spacial score (nSPS) is 17.0. The summed E-state index contributed by atoms with van der Waals surface area (Å²) in [6.45, 7) is 3.70. The van der Waals surface area contributed by atoms with Gasteiger partial charge >= 0.3 is 6.18 Å². The molecule has 4 aromatic rings. The highest BCUT2D eigenvalue weighted by atomic mass is 19.4. The molecule has 2 saturated heterocycles. The molecule has 1 unspecified atom stereocenters. The number of halogens is 3. The first-order chi connectivity index (χ1) is 24.2. The number of piperidine rings is 2. The van der Waals surface area contributed by atoms with E-state index >= 15 is 0 Å². The summed E-state index contributed by atoms with van der Waals surface area (Å²) in [4.78, 5) is 37.8. The number of carbonyl (C=O) groups excluding carboxylic acids is 2.